The molecule has 6 nitrogen and oxygen atoms in total. The maximum absolute atomic E-state index is 12.0. The van der Waals surface area contributed by atoms with Gasteiger partial charge in [-0.1, -0.05) is 11.3 Å². The third-order valence-corrected chi connectivity index (χ3v) is 4.36. The second kappa shape index (κ2) is 6.90. The summed E-state index contributed by atoms with van der Waals surface area (Å²) in [7, 11) is 4.03. The van der Waals surface area contributed by atoms with E-state index in [0.29, 0.717) is 23.3 Å². The SMILES string of the molecule is CN(C)CCCNC(=O)c1sc(NC2CCC2)nc1N. The van der Waals surface area contributed by atoms with Crippen molar-refractivity contribution in [1.82, 2.24) is 15.2 Å². The molecule has 0 aromatic carbocycles. The predicted molar refractivity (Wildman–Crippen MR) is 83.3 cm³/mol. The second-order valence-electron chi connectivity index (χ2n) is 5.42. The van der Waals surface area contributed by atoms with E-state index in [1.165, 1.54) is 30.6 Å². The number of aromatic nitrogens is 1. The average Bonchev–Trinajstić information content (AvgIpc) is 2.70. The lowest BCUT2D eigenvalue weighted by molar-refractivity contribution is 0.0957. The van der Waals surface area contributed by atoms with Crippen LogP contribution in [0.4, 0.5) is 10.9 Å². The van der Waals surface area contributed by atoms with Gasteiger partial charge >= 0.3 is 0 Å². The van der Waals surface area contributed by atoms with Gasteiger partial charge in [-0.2, -0.15) is 0 Å². The van der Waals surface area contributed by atoms with Gasteiger partial charge < -0.3 is 21.3 Å². The number of hydrogen-bond acceptors (Lipinski definition) is 6. The fourth-order valence-electron chi connectivity index (χ4n) is 1.96. The standard InChI is InChI=1S/C13H23N5OS/c1-18(2)8-4-7-15-12(19)10-11(14)17-13(20-10)16-9-5-3-6-9/h9H,3-8,14H2,1-2H3,(H,15,19)(H,16,17). The van der Waals surface area contributed by atoms with E-state index in [1.54, 1.807) is 0 Å². The lowest BCUT2D eigenvalue weighted by Gasteiger charge is -2.25. The van der Waals surface area contributed by atoms with Crippen LogP contribution in [-0.2, 0) is 0 Å². The van der Waals surface area contributed by atoms with E-state index in [4.69, 9.17) is 5.73 Å². The van der Waals surface area contributed by atoms with Crippen molar-refractivity contribution in [2.45, 2.75) is 31.7 Å². The highest BCUT2D eigenvalue weighted by molar-refractivity contribution is 7.18. The van der Waals surface area contributed by atoms with Crippen LogP contribution in [0.2, 0.25) is 0 Å². The van der Waals surface area contributed by atoms with Gasteiger partial charge in [0.2, 0.25) is 0 Å². The summed E-state index contributed by atoms with van der Waals surface area (Å²) in [5.41, 5.74) is 5.82. The molecular formula is C13H23N5OS. The van der Waals surface area contributed by atoms with Gasteiger partial charge in [-0.25, -0.2) is 4.98 Å². The first-order valence-electron chi connectivity index (χ1n) is 7.02. The number of amides is 1. The number of nitrogen functional groups attached to an aromatic ring is 1. The van der Waals surface area contributed by atoms with Gasteiger partial charge in [0.05, 0.1) is 0 Å². The molecule has 0 aliphatic heterocycles. The van der Waals surface area contributed by atoms with Crippen molar-refractivity contribution >= 4 is 28.2 Å². The number of rotatable bonds is 7. The van der Waals surface area contributed by atoms with E-state index < -0.39 is 0 Å². The first kappa shape index (κ1) is 15.1. The summed E-state index contributed by atoms with van der Waals surface area (Å²) >= 11 is 1.34. The fraction of sp³-hybridized carbons (Fsp3) is 0.692. The third kappa shape index (κ3) is 4.08. The van der Waals surface area contributed by atoms with Crippen molar-refractivity contribution in [2.75, 3.05) is 38.2 Å². The molecule has 20 heavy (non-hydrogen) atoms. The first-order valence-corrected chi connectivity index (χ1v) is 7.83. The highest BCUT2D eigenvalue weighted by Crippen LogP contribution is 2.29. The summed E-state index contributed by atoms with van der Waals surface area (Å²) in [6.45, 7) is 1.60. The van der Waals surface area contributed by atoms with E-state index >= 15 is 0 Å². The molecule has 1 fully saturated rings. The summed E-state index contributed by atoms with van der Waals surface area (Å²) in [6.07, 6.45) is 4.53. The number of nitrogens with two attached hydrogens (primary N) is 1. The Morgan fingerprint density at radius 3 is 2.85 bits per heavy atom. The van der Waals surface area contributed by atoms with Crippen molar-refractivity contribution in [3.05, 3.63) is 4.88 Å². The molecule has 1 saturated carbocycles. The second-order valence-corrected chi connectivity index (χ2v) is 6.42. The first-order chi connectivity index (χ1) is 9.56. The minimum atomic E-state index is -0.125. The molecule has 0 bridgehead atoms. The average molecular weight is 297 g/mol. The molecule has 112 valence electrons. The van der Waals surface area contributed by atoms with Gasteiger partial charge in [0.15, 0.2) is 5.13 Å². The molecule has 0 unspecified atom stereocenters. The number of carbonyl (C=O) groups excluding carboxylic acids is 1. The Kier molecular flexibility index (Phi) is 5.19. The third-order valence-electron chi connectivity index (χ3n) is 3.36. The smallest absolute Gasteiger partial charge is 0.265 e. The summed E-state index contributed by atoms with van der Waals surface area (Å²) in [4.78, 5) is 18.9. The van der Waals surface area contributed by atoms with Gasteiger partial charge in [-0.15, -0.1) is 0 Å². The topological polar surface area (TPSA) is 83.3 Å². The Labute approximate surface area is 123 Å². The number of nitrogens with zero attached hydrogens (tertiary/aromatic N) is 2. The summed E-state index contributed by atoms with van der Waals surface area (Å²) in [6, 6.07) is 0.497. The van der Waals surface area contributed by atoms with E-state index in [0.717, 1.165) is 18.1 Å². The van der Waals surface area contributed by atoms with Crippen molar-refractivity contribution in [2.24, 2.45) is 0 Å². The van der Waals surface area contributed by atoms with Crippen LogP contribution in [0.25, 0.3) is 0 Å². The number of thiazole rings is 1. The molecule has 1 aromatic rings. The summed E-state index contributed by atoms with van der Waals surface area (Å²) < 4.78 is 0. The summed E-state index contributed by atoms with van der Waals surface area (Å²) in [5.74, 6) is 0.197. The van der Waals surface area contributed by atoms with Crippen molar-refractivity contribution < 1.29 is 4.79 Å². The lowest BCUT2D eigenvalue weighted by Crippen LogP contribution is -2.27. The fourth-order valence-corrected chi connectivity index (χ4v) is 2.84. The molecule has 0 atom stereocenters. The number of anilines is 2. The molecular weight excluding hydrogens is 274 g/mol. The Hall–Kier alpha value is -1.34. The van der Waals surface area contributed by atoms with Crippen LogP contribution in [0.15, 0.2) is 0 Å². The van der Waals surface area contributed by atoms with Crippen LogP contribution in [-0.4, -0.2) is 49.0 Å². The Balaban J connectivity index is 1.82. The Bertz CT molecular complexity index is 456. The molecule has 1 aliphatic rings. The van der Waals surface area contributed by atoms with Crippen molar-refractivity contribution in [1.29, 1.82) is 0 Å². The predicted octanol–water partition coefficient (Wildman–Crippen LogP) is 1.37. The van der Waals surface area contributed by atoms with Crippen LogP contribution in [0.5, 0.6) is 0 Å². The number of nitrogens with one attached hydrogen (secondary N) is 2. The van der Waals surface area contributed by atoms with Gasteiger partial charge in [0.25, 0.3) is 5.91 Å². The zero-order valence-electron chi connectivity index (χ0n) is 12.1. The highest BCUT2D eigenvalue weighted by atomic mass is 32.1. The van der Waals surface area contributed by atoms with Crippen LogP contribution < -0.4 is 16.4 Å². The van der Waals surface area contributed by atoms with E-state index in [-0.39, 0.29) is 5.91 Å². The maximum Gasteiger partial charge on any atom is 0.265 e. The monoisotopic (exact) mass is 297 g/mol. The molecule has 0 saturated heterocycles. The van der Waals surface area contributed by atoms with Crippen LogP contribution in [0.1, 0.15) is 35.4 Å². The molecule has 1 heterocycles. The van der Waals surface area contributed by atoms with Gasteiger partial charge in [0.1, 0.15) is 10.7 Å². The quantitative estimate of drug-likeness (QED) is 0.662. The molecule has 1 aliphatic carbocycles. The molecule has 1 aromatic heterocycles. The maximum atomic E-state index is 12.0. The van der Waals surface area contributed by atoms with Crippen molar-refractivity contribution in [3.8, 4) is 0 Å². The van der Waals surface area contributed by atoms with Crippen molar-refractivity contribution in [3.63, 3.8) is 0 Å². The van der Waals surface area contributed by atoms with E-state index in [2.05, 4.69) is 20.5 Å². The molecule has 0 radical (unpaired) electrons. The van der Waals surface area contributed by atoms with Crippen LogP contribution in [0, 0.1) is 0 Å². The van der Waals surface area contributed by atoms with Crippen LogP contribution in [0.3, 0.4) is 0 Å². The number of hydrogen-bond donors (Lipinski definition) is 3. The molecule has 7 heteroatoms. The Morgan fingerprint density at radius 1 is 1.50 bits per heavy atom. The van der Waals surface area contributed by atoms with Gasteiger partial charge in [-0.05, 0) is 46.3 Å². The molecule has 2 rings (SSSR count). The van der Waals surface area contributed by atoms with Gasteiger partial charge in [0, 0.05) is 12.6 Å². The van der Waals surface area contributed by atoms with Gasteiger partial charge in [-0.3, -0.25) is 4.79 Å². The zero-order chi connectivity index (χ0) is 14.5. The zero-order valence-corrected chi connectivity index (χ0v) is 12.9. The molecule has 4 N–H and O–H groups in total. The minimum Gasteiger partial charge on any atom is -0.382 e. The lowest BCUT2D eigenvalue weighted by atomic mass is 9.93. The minimum absolute atomic E-state index is 0.125. The molecule has 0 spiro atoms. The summed E-state index contributed by atoms with van der Waals surface area (Å²) in [5, 5.41) is 6.96. The Morgan fingerprint density at radius 2 is 2.25 bits per heavy atom. The highest BCUT2D eigenvalue weighted by Gasteiger charge is 2.21. The number of carbonyl (C=O) groups is 1. The largest absolute Gasteiger partial charge is 0.382 e. The van der Waals surface area contributed by atoms with E-state index in [1.807, 2.05) is 14.1 Å². The van der Waals surface area contributed by atoms with E-state index in [9.17, 15) is 4.79 Å². The molecule has 1 amide bonds. The normalized spacial score (nSPS) is 15.2. The van der Waals surface area contributed by atoms with Crippen LogP contribution >= 0.6 is 11.3 Å².